The number of benzene rings is 2. The van der Waals surface area contributed by atoms with Crippen molar-refractivity contribution in [2.24, 2.45) is 0 Å². The Labute approximate surface area is 157 Å². The highest BCUT2D eigenvalue weighted by Crippen LogP contribution is 2.38. The molecule has 0 aliphatic carbocycles. The van der Waals surface area contributed by atoms with Gasteiger partial charge in [0.2, 0.25) is 0 Å². The quantitative estimate of drug-likeness (QED) is 0.582. The molecule has 27 heavy (non-hydrogen) atoms. The molecule has 1 N–H and O–H groups in total. The van der Waals surface area contributed by atoms with Crippen LogP contribution in [0.5, 0.6) is 0 Å². The Morgan fingerprint density at radius 1 is 0.963 bits per heavy atom. The van der Waals surface area contributed by atoms with E-state index in [1.54, 1.807) is 24.5 Å². The molecule has 4 aromatic rings. The van der Waals surface area contributed by atoms with Crippen molar-refractivity contribution in [2.75, 3.05) is 6.54 Å². The third-order valence-electron chi connectivity index (χ3n) is 5.34. The number of H-pyrrole nitrogens is 1. The molecule has 1 aliphatic heterocycles. The predicted molar refractivity (Wildman–Crippen MR) is 106 cm³/mol. The van der Waals surface area contributed by atoms with Gasteiger partial charge in [0, 0.05) is 41.1 Å². The minimum absolute atomic E-state index is 0.0376. The Balaban J connectivity index is 1.67. The lowest BCUT2D eigenvalue weighted by Gasteiger charge is -2.36. The Hall–Kier alpha value is -3.40. The van der Waals surface area contributed by atoms with E-state index in [-0.39, 0.29) is 11.9 Å². The van der Waals surface area contributed by atoms with Crippen molar-refractivity contribution in [1.82, 2.24) is 14.9 Å². The number of para-hydroxylation sites is 1. The van der Waals surface area contributed by atoms with Crippen LogP contribution in [-0.2, 0) is 6.42 Å². The van der Waals surface area contributed by atoms with Crippen LogP contribution in [0.25, 0.3) is 10.9 Å². The van der Waals surface area contributed by atoms with Gasteiger partial charge in [-0.25, -0.2) is 0 Å². The molecule has 4 nitrogen and oxygen atoms in total. The first-order valence-electron chi connectivity index (χ1n) is 9.18. The van der Waals surface area contributed by atoms with Gasteiger partial charge in [-0.1, -0.05) is 48.5 Å². The molecule has 0 spiro atoms. The molecule has 5 rings (SSSR count). The third-order valence-corrected chi connectivity index (χ3v) is 5.34. The zero-order valence-electron chi connectivity index (χ0n) is 14.8. The molecule has 0 saturated carbocycles. The van der Waals surface area contributed by atoms with Crippen LogP contribution >= 0.6 is 0 Å². The maximum absolute atomic E-state index is 13.3. The fraction of sp³-hybridized carbons (Fsp3) is 0.130. The molecule has 1 atom stereocenters. The number of nitrogens with zero attached hydrogens (tertiary/aromatic N) is 2. The van der Waals surface area contributed by atoms with E-state index < -0.39 is 0 Å². The van der Waals surface area contributed by atoms with Gasteiger partial charge in [-0.2, -0.15) is 0 Å². The molecule has 0 bridgehead atoms. The number of nitrogens with one attached hydrogen (secondary N) is 1. The van der Waals surface area contributed by atoms with E-state index in [2.05, 4.69) is 40.3 Å². The average Bonchev–Trinajstić information content (AvgIpc) is 3.12. The van der Waals surface area contributed by atoms with Crippen LogP contribution in [0.1, 0.15) is 33.2 Å². The van der Waals surface area contributed by atoms with Crippen molar-refractivity contribution in [3.8, 4) is 0 Å². The van der Waals surface area contributed by atoms with Crippen molar-refractivity contribution < 1.29 is 4.79 Å². The second kappa shape index (κ2) is 6.40. The minimum Gasteiger partial charge on any atom is -0.356 e. The summed E-state index contributed by atoms with van der Waals surface area (Å²) in [5, 5.41) is 1.25. The number of pyridine rings is 1. The lowest BCUT2D eigenvalue weighted by Crippen LogP contribution is -2.40. The van der Waals surface area contributed by atoms with Crippen molar-refractivity contribution >= 4 is 16.8 Å². The van der Waals surface area contributed by atoms with Gasteiger partial charge in [-0.3, -0.25) is 9.78 Å². The Morgan fingerprint density at radius 3 is 2.52 bits per heavy atom. The van der Waals surface area contributed by atoms with E-state index in [0.717, 1.165) is 23.2 Å². The fourth-order valence-corrected chi connectivity index (χ4v) is 4.10. The standard InChI is InChI=1S/C23H19N3O/c27-23(17-10-13-24-14-11-17)26-15-12-19-18-8-4-5-9-20(18)25-21(19)22(26)16-6-2-1-3-7-16/h1-11,13-14,22,25H,12,15H2/t22-/m0/s1. The van der Waals surface area contributed by atoms with Crippen molar-refractivity contribution in [1.29, 1.82) is 0 Å². The number of carbonyl (C=O) groups is 1. The topological polar surface area (TPSA) is 49.0 Å². The summed E-state index contributed by atoms with van der Waals surface area (Å²) in [6.45, 7) is 0.690. The first-order chi connectivity index (χ1) is 13.3. The van der Waals surface area contributed by atoms with Crippen molar-refractivity contribution in [3.05, 3.63) is 102 Å². The van der Waals surface area contributed by atoms with Gasteiger partial charge < -0.3 is 9.88 Å². The largest absolute Gasteiger partial charge is 0.356 e. The number of rotatable bonds is 2. The summed E-state index contributed by atoms with van der Waals surface area (Å²) >= 11 is 0. The molecule has 2 aromatic heterocycles. The highest BCUT2D eigenvalue weighted by molar-refractivity contribution is 5.95. The number of carbonyl (C=O) groups excluding carboxylic acids is 1. The van der Waals surface area contributed by atoms with Gasteiger partial charge in [0.05, 0.1) is 6.04 Å². The van der Waals surface area contributed by atoms with Gasteiger partial charge >= 0.3 is 0 Å². The minimum atomic E-state index is -0.122. The smallest absolute Gasteiger partial charge is 0.254 e. The highest BCUT2D eigenvalue weighted by Gasteiger charge is 2.34. The van der Waals surface area contributed by atoms with Crippen LogP contribution in [0.3, 0.4) is 0 Å². The first-order valence-corrected chi connectivity index (χ1v) is 9.18. The molecule has 1 amide bonds. The van der Waals surface area contributed by atoms with Gasteiger partial charge in [-0.15, -0.1) is 0 Å². The molecule has 3 heterocycles. The summed E-state index contributed by atoms with van der Waals surface area (Å²) in [7, 11) is 0. The van der Waals surface area contributed by atoms with Crippen LogP contribution in [-0.4, -0.2) is 27.3 Å². The van der Waals surface area contributed by atoms with E-state index in [1.165, 1.54) is 10.9 Å². The summed E-state index contributed by atoms with van der Waals surface area (Å²) in [6.07, 6.45) is 4.19. The molecule has 2 aromatic carbocycles. The Bertz CT molecular complexity index is 1100. The maximum atomic E-state index is 13.3. The summed E-state index contributed by atoms with van der Waals surface area (Å²) in [5.74, 6) is 0.0376. The monoisotopic (exact) mass is 353 g/mol. The second-order valence-corrected chi connectivity index (χ2v) is 6.86. The number of amides is 1. The molecule has 0 fully saturated rings. The van der Waals surface area contributed by atoms with E-state index in [4.69, 9.17) is 0 Å². The molecule has 4 heteroatoms. The highest BCUT2D eigenvalue weighted by atomic mass is 16.2. The number of hydrogen-bond acceptors (Lipinski definition) is 2. The molecule has 0 radical (unpaired) electrons. The third kappa shape index (κ3) is 2.61. The number of aromatic nitrogens is 2. The van der Waals surface area contributed by atoms with Crippen LogP contribution in [0.4, 0.5) is 0 Å². The van der Waals surface area contributed by atoms with E-state index >= 15 is 0 Å². The summed E-state index contributed by atoms with van der Waals surface area (Å²) < 4.78 is 0. The molecule has 1 aliphatic rings. The van der Waals surface area contributed by atoms with Crippen LogP contribution < -0.4 is 0 Å². The summed E-state index contributed by atoms with van der Waals surface area (Å²) in [5.41, 5.74) is 5.36. The first kappa shape index (κ1) is 15.8. The van der Waals surface area contributed by atoms with Crippen LogP contribution in [0, 0.1) is 0 Å². The Morgan fingerprint density at radius 2 is 1.70 bits per heavy atom. The SMILES string of the molecule is O=C(c1ccncc1)N1CCc2c([nH]c3ccccc23)[C@@H]1c1ccccc1. The van der Waals surface area contributed by atoms with Gasteiger partial charge in [0.25, 0.3) is 5.91 Å². The fourth-order valence-electron chi connectivity index (χ4n) is 4.10. The lowest BCUT2D eigenvalue weighted by molar-refractivity contribution is 0.0692. The molecule has 132 valence electrons. The van der Waals surface area contributed by atoms with E-state index in [0.29, 0.717) is 12.1 Å². The normalized spacial score (nSPS) is 16.3. The zero-order valence-corrected chi connectivity index (χ0v) is 14.8. The molecule has 0 unspecified atom stereocenters. The number of aromatic amines is 1. The van der Waals surface area contributed by atoms with Crippen molar-refractivity contribution in [3.63, 3.8) is 0 Å². The maximum Gasteiger partial charge on any atom is 0.254 e. The van der Waals surface area contributed by atoms with Gasteiger partial charge in [0.1, 0.15) is 0 Å². The molecular formula is C23H19N3O. The molecular weight excluding hydrogens is 334 g/mol. The van der Waals surface area contributed by atoms with Gasteiger partial charge in [-0.05, 0) is 35.7 Å². The van der Waals surface area contributed by atoms with Crippen molar-refractivity contribution in [2.45, 2.75) is 12.5 Å². The number of fused-ring (bicyclic) bond motifs is 3. The molecule has 0 saturated heterocycles. The average molecular weight is 353 g/mol. The van der Waals surface area contributed by atoms with Crippen LogP contribution in [0.2, 0.25) is 0 Å². The predicted octanol–water partition coefficient (Wildman–Crippen LogP) is 4.35. The zero-order chi connectivity index (χ0) is 18.2. The van der Waals surface area contributed by atoms with Crippen LogP contribution in [0.15, 0.2) is 79.1 Å². The summed E-state index contributed by atoms with van der Waals surface area (Å²) in [4.78, 5) is 22.9. The summed E-state index contributed by atoms with van der Waals surface area (Å²) in [6, 6.07) is 22.1. The Kier molecular flexibility index (Phi) is 3.75. The second-order valence-electron chi connectivity index (χ2n) is 6.86. The van der Waals surface area contributed by atoms with E-state index in [9.17, 15) is 4.79 Å². The lowest BCUT2D eigenvalue weighted by atomic mass is 9.92. The van der Waals surface area contributed by atoms with E-state index in [1.807, 2.05) is 29.2 Å². The van der Waals surface area contributed by atoms with Gasteiger partial charge in [0.15, 0.2) is 0 Å². The number of hydrogen-bond donors (Lipinski definition) is 1.